The first-order chi connectivity index (χ1) is 11.4. The number of hydrogen-bond donors (Lipinski definition) is 2. The zero-order chi connectivity index (χ0) is 17.7. The van der Waals surface area contributed by atoms with E-state index in [9.17, 15) is 9.59 Å². The number of nitrogens with one attached hydrogen (secondary N) is 2. The van der Waals surface area contributed by atoms with E-state index in [4.69, 9.17) is 0 Å². The van der Waals surface area contributed by atoms with Gasteiger partial charge in [-0.1, -0.05) is 29.8 Å². The molecule has 1 heterocycles. The SMILES string of the molecule is Cc1cc(Br)ccc1NC(=O)c1cc(C(=O)NCC(C)C)ccn1. The Morgan fingerprint density at radius 2 is 1.92 bits per heavy atom. The maximum absolute atomic E-state index is 12.4. The van der Waals surface area contributed by atoms with Crippen molar-refractivity contribution in [2.45, 2.75) is 20.8 Å². The molecule has 2 rings (SSSR count). The van der Waals surface area contributed by atoms with E-state index in [1.807, 2.05) is 39.0 Å². The minimum absolute atomic E-state index is 0.203. The summed E-state index contributed by atoms with van der Waals surface area (Å²) in [5, 5.41) is 5.64. The van der Waals surface area contributed by atoms with Gasteiger partial charge < -0.3 is 10.6 Å². The summed E-state index contributed by atoms with van der Waals surface area (Å²) in [6.07, 6.45) is 1.47. The molecule has 0 aliphatic heterocycles. The Morgan fingerprint density at radius 3 is 2.58 bits per heavy atom. The van der Waals surface area contributed by atoms with Crippen molar-refractivity contribution in [3.05, 3.63) is 57.8 Å². The monoisotopic (exact) mass is 389 g/mol. The van der Waals surface area contributed by atoms with Gasteiger partial charge in [0.05, 0.1) is 0 Å². The Hall–Kier alpha value is -2.21. The smallest absolute Gasteiger partial charge is 0.274 e. The second-order valence-electron chi connectivity index (χ2n) is 5.95. The van der Waals surface area contributed by atoms with Crippen LogP contribution in [0.4, 0.5) is 5.69 Å². The number of rotatable bonds is 5. The van der Waals surface area contributed by atoms with Crippen molar-refractivity contribution in [2.24, 2.45) is 5.92 Å². The molecule has 2 aromatic rings. The van der Waals surface area contributed by atoms with Crippen LogP contribution in [0.5, 0.6) is 0 Å². The third-order valence-corrected chi connectivity index (χ3v) is 3.86. The van der Waals surface area contributed by atoms with Crippen molar-refractivity contribution in [2.75, 3.05) is 11.9 Å². The summed E-state index contributed by atoms with van der Waals surface area (Å²) in [5.74, 6) is -0.196. The number of pyridine rings is 1. The highest BCUT2D eigenvalue weighted by Crippen LogP contribution is 2.20. The predicted molar refractivity (Wildman–Crippen MR) is 98.2 cm³/mol. The second-order valence-corrected chi connectivity index (χ2v) is 6.86. The zero-order valence-corrected chi connectivity index (χ0v) is 15.5. The van der Waals surface area contributed by atoms with E-state index < -0.39 is 0 Å². The van der Waals surface area contributed by atoms with Crippen molar-refractivity contribution < 1.29 is 9.59 Å². The standard InChI is InChI=1S/C18H20BrN3O2/c1-11(2)10-21-17(23)13-6-7-20-16(9-13)18(24)22-15-5-4-14(19)8-12(15)3/h4-9,11H,10H2,1-3H3,(H,21,23)(H,22,24). The molecule has 1 aromatic heterocycles. The molecule has 0 atom stereocenters. The Kier molecular flexibility index (Phi) is 6.09. The molecule has 24 heavy (non-hydrogen) atoms. The minimum Gasteiger partial charge on any atom is -0.352 e. The van der Waals surface area contributed by atoms with Crippen LogP contribution in [0.2, 0.25) is 0 Å². The number of carbonyl (C=O) groups excluding carboxylic acids is 2. The summed E-state index contributed by atoms with van der Waals surface area (Å²) >= 11 is 3.39. The summed E-state index contributed by atoms with van der Waals surface area (Å²) in [6.45, 7) is 6.53. The molecule has 0 aliphatic carbocycles. The van der Waals surface area contributed by atoms with Crippen molar-refractivity contribution in [3.63, 3.8) is 0 Å². The van der Waals surface area contributed by atoms with E-state index in [1.165, 1.54) is 12.3 Å². The highest BCUT2D eigenvalue weighted by molar-refractivity contribution is 9.10. The van der Waals surface area contributed by atoms with E-state index in [-0.39, 0.29) is 17.5 Å². The lowest BCUT2D eigenvalue weighted by Crippen LogP contribution is -2.27. The van der Waals surface area contributed by atoms with Gasteiger partial charge in [0.15, 0.2) is 0 Å². The van der Waals surface area contributed by atoms with E-state index in [0.717, 1.165) is 10.0 Å². The molecule has 0 fully saturated rings. The second kappa shape index (κ2) is 8.06. The molecule has 1 aromatic carbocycles. The molecule has 2 N–H and O–H groups in total. The summed E-state index contributed by atoms with van der Waals surface area (Å²) in [7, 11) is 0. The predicted octanol–water partition coefficient (Wildman–Crippen LogP) is 3.79. The van der Waals surface area contributed by atoms with E-state index in [2.05, 4.69) is 31.5 Å². The van der Waals surface area contributed by atoms with Crippen molar-refractivity contribution in [1.29, 1.82) is 0 Å². The van der Waals surface area contributed by atoms with Gasteiger partial charge in [-0.3, -0.25) is 14.6 Å². The summed E-state index contributed by atoms with van der Waals surface area (Å²) in [4.78, 5) is 28.5. The number of anilines is 1. The number of aromatic nitrogens is 1. The fraction of sp³-hybridized carbons (Fsp3) is 0.278. The van der Waals surface area contributed by atoms with Crippen LogP contribution >= 0.6 is 15.9 Å². The van der Waals surface area contributed by atoms with Crippen molar-refractivity contribution in [3.8, 4) is 0 Å². The fourth-order valence-electron chi connectivity index (χ4n) is 2.05. The Balaban J connectivity index is 2.12. The molecule has 0 saturated heterocycles. The van der Waals surface area contributed by atoms with Gasteiger partial charge in [-0.15, -0.1) is 0 Å². The van der Waals surface area contributed by atoms with Gasteiger partial charge in [0.25, 0.3) is 11.8 Å². The van der Waals surface area contributed by atoms with Crippen LogP contribution in [0.3, 0.4) is 0 Å². The van der Waals surface area contributed by atoms with Crippen LogP contribution in [-0.4, -0.2) is 23.3 Å². The van der Waals surface area contributed by atoms with Gasteiger partial charge in [-0.05, 0) is 48.7 Å². The first kappa shape index (κ1) is 18.1. The molecule has 2 amide bonds. The van der Waals surface area contributed by atoms with Gasteiger partial charge in [-0.25, -0.2) is 0 Å². The van der Waals surface area contributed by atoms with Crippen molar-refractivity contribution in [1.82, 2.24) is 10.3 Å². The summed E-state index contributed by atoms with van der Waals surface area (Å²) < 4.78 is 0.944. The van der Waals surface area contributed by atoms with Gasteiger partial charge >= 0.3 is 0 Å². The average molecular weight is 390 g/mol. The number of amides is 2. The lowest BCUT2D eigenvalue weighted by atomic mass is 10.1. The third-order valence-electron chi connectivity index (χ3n) is 3.36. The maximum Gasteiger partial charge on any atom is 0.274 e. The first-order valence-electron chi connectivity index (χ1n) is 7.68. The number of halogens is 1. The lowest BCUT2D eigenvalue weighted by molar-refractivity contribution is 0.0949. The molecule has 0 radical (unpaired) electrons. The lowest BCUT2D eigenvalue weighted by Gasteiger charge is -2.10. The van der Waals surface area contributed by atoms with E-state index >= 15 is 0 Å². The van der Waals surface area contributed by atoms with E-state index in [1.54, 1.807) is 6.07 Å². The quantitative estimate of drug-likeness (QED) is 0.816. The van der Waals surface area contributed by atoms with Crippen LogP contribution in [0.15, 0.2) is 41.0 Å². The zero-order valence-electron chi connectivity index (χ0n) is 13.9. The van der Waals surface area contributed by atoms with Gasteiger partial charge in [0.1, 0.15) is 5.69 Å². The first-order valence-corrected chi connectivity index (χ1v) is 8.48. The van der Waals surface area contributed by atoms with Gasteiger partial charge in [-0.2, -0.15) is 0 Å². The van der Waals surface area contributed by atoms with Crippen LogP contribution in [0.1, 0.15) is 40.3 Å². The maximum atomic E-state index is 12.4. The molecule has 126 valence electrons. The number of carbonyl (C=O) groups is 2. The summed E-state index contributed by atoms with van der Waals surface area (Å²) in [5.41, 5.74) is 2.26. The largest absolute Gasteiger partial charge is 0.352 e. The summed E-state index contributed by atoms with van der Waals surface area (Å²) in [6, 6.07) is 8.68. The topological polar surface area (TPSA) is 71.1 Å². The average Bonchev–Trinajstić information content (AvgIpc) is 2.55. The van der Waals surface area contributed by atoms with Crippen LogP contribution in [0, 0.1) is 12.8 Å². The molecule has 6 heteroatoms. The Morgan fingerprint density at radius 1 is 1.17 bits per heavy atom. The molecule has 0 bridgehead atoms. The number of aryl methyl sites for hydroxylation is 1. The number of nitrogens with zero attached hydrogens (tertiary/aromatic N) is 1. The molecule has 0 aliphatic rings. The molecular weight excluding hydrogens is 370 g/mol. The highest BCUT2D eigenvalue weighted by atomic mass is 79.9. The number of hydrogen-bond acceptors (Lipinski definition) is 3. The molecule has 0 spiro atoms. The Bertz CT molecular complexity index is 760. The molecule has 5 nitrogen and oxygen atoms in total. The van der Waals surface area contributed by atoms with Crippen LogP contribution < -0.4 is 10.6 Å². The third kappa shape index (κ3) is 4.89. The molecular formula is C18H20BrN3O2. The fourth-order valence-corrected chi connectivity index (χ4v) is 2.52. The van der Waals surface area contributed by atoms with E-state index in [0.29, 0.717) is 23.7 Å². The Labute approximate surface area is 150 Å². The number of benzene rings is 1. The van der Waals surface area contributed by atoms with Crippen molar-refractivity contribution >= 4 is 33.4 Å². The minimum atomic E-state index is -0.348. The molecule has 0 saturated carbocycles. The normalized spacial score (nSPS) is 10.5. The van der Waals surface area contributed by atoms with Gasteiger partial charge in [0, 0.05) is 28.5 Å². The van der Waals surface area contributed by atoms with Crippen LogP contribution in [-0.2, 0) is 0 Å². The molecule has 0 unspecified atom stereocenters. The highest BCUT2D eigenvalue weighted by Gasteiger charge is 2.13. The van der Waals surface area contributed by atoms with Gasteiger partial charge in [0.2, 0.25) is 0 Å². The van der Waals surface area contributed by atoms with Crippen LogP contribution in [0.25, 0.3) is 0 Å².